The Kier molecular flexibility index (Phi) is 4.52. The average molecular weight is 275 g/mol. The number of hydrogen-bond acceptors (Lipinski definition) is 3. The fourth-order valence-electron chi connectivity index (χ4n) is 1.82. The maximum absolute atomic E-state index is 12.0. The quantitative estimate of drug-likeness (QED) is 0.822. The number of carbonyl (C=O) groups is 1. The molecule has 1 amide bonds. The normalized spacial score (nSPS) is 15.3. The number of thioether (sulfide) groups is 1. The molecule has 1 saturated carbocycles. The van der Waals surface area contributed by atoms with Crippen molar-refractivity contribution in [3.8, 4) is 11.8 Å². The molecule has 2 N–H and O–H groups in total. The summed E-state index contributed by atoms with van der Waals surface area (Å²) in [6, 6.07) is 7.15. The fraction of sp³-hybridized carbons (Fsp3) is 0.400. The zero-order valence-electron chi connectivity index (χ0n) is 10.9. The van der Waals surface area contributed by atoms with Crippen LogP contribution in [0, 0.1) is 11.8 Å². The van der Waals surface area contributed by atoms with E-state index in [9.17, 15) is 4.79 Å². The molecule has 0 saturated heterocycles. The molecule has 1 fully saturated rings. The molecule has 0 aromatic heterocycles. The number of carbonyl (C=O) groups excluding carboxylic acids is 1. The summed E-state index contributed by atoms with van der Waals surface area (Å²) in [6.45, 7) is 0.548. The second kappa shape index (κ2) is 6.14. The van der Waals surface area contributed by atoms with E-state index in [2.05, 4.69) is 23.4 Å². The van der Waals surface area contributed by atoms with Gasteiger partial charge < -0.3 is 10.4 Å². The standard InChI is InChI=1S/C15H17NO2S/c1-19-15(7-8-15)11-16-14(18)13-6-2-4-12(10-13)5-3-9-17/h2,4,6,10,17H,7-9,11H2,1H3,(H,16,18). The highest BCUT2D eigenvalue weighted by Gasteiger charge is 2.41. The molecule has 0 atom stereocenters. The van der Waals surface area contributed by atoms with E-state index in [1.807, 2.05) is 17.8 Å². The highest BCUT2D eigenvalue weighted by atomic mass is 32.2. The van der Waals surface area contributed by atoms with Crippen LogP contribution in [0.4, 0.5) is 0 Å². The van der Waals surface area contributed by atoms with Crippen LogP contribution in [-0.4, -0.2) is 35.2 Å². The van der Waals surface area contributed by atoms with Crippen molar-refractivity contribution in [1.82, 2.24) is 5.32 Å². The van der Waals surface area contributed by atoms with Crippen LogP contribution in [-0.2, 0) is 0 Å². The SMILES string of the molecule is CSC1(CNC(=O)c2cccc(C#CCO)c2)CC1. The van der Waals surface area contributed by atoms with Gasteiger partial charge in [0.25, 0.3) is 5.91 Å². The van der Waals surface area contributed by atoms with Crippen LogP contribution >= 0.6 is 11.8 Å². The Bertz CT molecular complexity index is 526. The van der Waals surface area contributed by atoms with E-state index >= 15 is 0 Å². The van der Waals surface area contributed by atoms with Crippen molar-refractivity contribution in [3.05, 3.63) is 35.4 Å². The molecule has 1 aliphatic rings. The van der Waals surface area contributed by atoms with Gasteiger partial charge in [0.2, 0.25) is 0 Å². The third kappa shape index (κ3) is 3.76. The summed E-state index contributed by atoms with van der Waals surface area (Å²) in [4.78, 5) is 12.0. The largest absolute Gasteiger partial charge is 0.384 e. The van der Waals surface area contributed by atoms with E-state index in [0.29, 0.717) is 5.56 Å². The van der Waals surface area contributed by atoms with Gasteiger partial charge in [0, 0.05) is 22.4 Å². The van der Waals surface area contributed by atoms with Crippen molar-refractivity contribution in [2.45, 2.75) is 17.6 Å². The summed E-state index contributed by atoms with van der Waals surface area (Å²) >= 11 is 1.82. The summed E-state index contributed by atoms with van der Waals surface area (Å²) in [5.41, 5.74) is 1.36. The van der Waals surface area contributed by atoms with Crippen LogP contribution in [0.3, 0.4) is 0 Å². The lowest BCUT2D eigenvalue weighted by Crippen LogP contribution is -2.31. The Morgan fingerprint density at radius 3 is 2.95 bits per heavy atom. The van der Waals surface area contributed by atoms with Gasteiger partial charge in [-0.1, -0.05) is 17.9 Å². The van der Waals surface area contributed by atoms with Crippen LogP contribution in [0.15, 0.2) is 24.3 Å². The van der Waals surface area contributed by atoms with Crippen LogP contribution in [0.1, 0.15) is 28.8 Å². The topological polar surface area (TPSA) is 49.3 Å². The molecule has 1 aliphatic carbocycles. The Hall–Kier alpha value is -1.44. The van der Waals surface area contributed by atoms with Gasteiger partial charge in [-0.25, -0.2) is 0 Å². The van der Waals surface area contributed by atoms with Gasteiger partial charge in [0.05, 0.1) is 0 Å². The summed E-state index contributed by atoms with van der Waals surface area (Å²) in [7, 11) is 0. The van der Waals surface area contributed by atoms with Gasteiger partial charge in [-0.15, -0.1) is 0 Å². The number of nitrogens with one attached hydrogen (secondary N) is 1. The van der Waals surface area contributed by atoms with E-state index in [0.717, 1.165) is 12.1 Å². The van der Waals surface area contributed by atoms with Gasteiger partial charge in [0.15, 0.2) is 0 Å². The van der Waals surface area contributed by atoms with Crippen molar-refractivity contribution in [2.75, 3.05) is 19.4 Å². The first-order chi connectivity index (χ1) is 9.19. The Labute approximate surface area is 117 Å². The minimum atomic E-state index is -0.174. The molecule has 2 rings (SSSR count). The predicted molar refractivity (Wildman–Crippen MR) is 78.2 cm³/mol. The molecule has 19 heavy (non-hydrogen) atoms. The van der Waals surface area contributed by atoms with Gasteiger partial charge in [-0.05, 0) is 37.3 Å². The third-order valence-corrected chi connectivity index (χ3v) is 4.67. The second-order valence-electron chi connectivity index (χ2n) is 4.61. The van der Waals surface area contributed by atoms with Crippen LogP contribution in [0.5, 0.6) is 0 Å². The molecule has 0 spiro atoms. The molecule has 0 heterocycles. The molecule has 0 aliphatic heterocycles. The molecule has 100 valence electrons. The Balaban J connectivity index is 1.98. The lowest BCUT2D eigenvalue weighted by molar-refractivity contribution is 0.0953. The predicted octanol–water partition coefficient (Wildman–Crippen LogP) is 1.66. The monoisotopic (exact) mass is 275 g/mol. The summed E-state index contributed by atoms with van der Waals surface area (Å²) in [5, 5.41) is 11.6. The van der Waals surface area contributed by atoms with Crippen molar-refractivity contribution in [1.29, 1.82) is 0 Å². The van der Waals surface area contributed by atoms with Crippen molar-refractivity contribution >= 4 is 17.7 Å². The van der Waals surface area contributed by atoms with Gasteiger partial charge >= 0.3 is 0 Å². The highest BCUT2D eigenvalue weighted by Crippen LogP contribution is 2.46. The highest BCUT2D eigenvalue weighted by molar-refractivity contribution is 8.00. The summed E-state index contributed by atoms with van der Waals surface area (Å²) in [6.07, 6.45) is 4.44. The number of aliphatic hydroxyl groups is 1. The molecule has 4 heteroatoms. The van der Waals surface area contributed by atoms with Crippen molar-refractivity contribution in [3.63, 3.8) is 0 Å². The first-order valence-electron chi connectivity index (χ1n) is 6.22. The van der Waals surface area contributed by atoms with Crippen LogP contribution in [0.25, 0.3) is 0 Å². The molecule has 3 nitrogen and oxygen atoms in total. The number of hydrogen-bond donors (Lipinski definition) is 2. The molecular formula is C15H17NO2S. The average Bonchev–Trinajstić information content (AvgIpc) is 3.23. The number of benzene rings is 1. The van der Waals surface area contributed by atoms with Gasteiger partial charge in [-0.2, -0.15) is 11.8 Å². The first-order valence-corrected chi connectivity index (χ1v) is 7.45. The van der Waals surface area contributed by atoms with E-state index in [1.165, 1.54) is 12.8 Å². The Morgan fingerprint density at radius 2 is 2.32 bits per heavy atom. The zero-order valence-corrected chi connectivity index (χ0v) is 11.7. The van der Waals surface area contributed by atoms with Crippen LogP contribution < -0.4 is 5.32 Å². The smallest absolute Gasteiger partial charge is 0.251 e. The lowest BCUT2D eigenvalue weighted by atomic mass is 10.1. The van der Waals surface area contributed by atoms with Crippen molar-refractivity contribution in [2.24, 2.45) is 0 Å². The minimum Gasteiger partial charge on any atom is -0.384 e. The van der Waals surface area contributed by atoms with E-state index in [1.54, 1.807) is 18.2 Å². The number of amides is 1. The fourth-order valence-corrected chi connectivity index (χ4v) is 2.54. The summed E-state index contributed by atoms with van der Waals surface area (Å²) < 4.78 is 0.268. The Morgan fingerprint density at radius 1 is 1.53 bits per heavy atom. The molecule has 1 aromatic rings. The summed E-state index contributed by atoms with van der Waals surface area (Å²) in [5.74, 6) is 5.32. The van der Waals surface area contributed by atoms with Gasteiger partial charge in [0.1, 0.15) is 6.61 Å². The van der Waals surface area contributed by atoms with E-state index in [-0.39, 0.29) is 17.3 Å². The maximum atomic E-state index is 12.0. The number of rotatable bonds is 4. The molecule has 0 radical (unpaired) electrons. The number of aliphatic hydroxyl groups excluding tert-OH is 1. The van der Waals surface area contributed by atoms with Crippen molar-refractivity contribution < 1.29 is 9.90 Å². The molecule has 0 unspecified atom stereocenters. The molecular weight excluding hydrogens is 258 g/mol. The molecule has 0 bridgehead atoms. The lowest BCUT2D eigenvalue weighted by Gasteiger charge is -2.13. The van der Waals surface area contributed by atoms with Gasteiger partial charge in [-0.3, -0.25) is 4.79 Å². The zero-order chi connectivity index (χ0) is 13.7. The van der Waals surface area contributed by atoms with E-state index in [4.69, 9.17) is 5.11 Å². The van der Waals surface area contributed by atoms with E-state index < -0.39 is 0 Å². The maximum Gasteiger partial charge on any atom is 0.251 e. The minimum absolute atomic E-state index is 0.0621. The first kappa shape index (κ1) is 14.0. The second-order valence-corrected chi connectivity index (χ2v) is 5.88. The molecule has 1 aromatic carbocycles. The van der Waals surface area contributed by atoms with Crippen LogP contribution in [0.2, 0.25) is 0 Å². The third-order valence-electron chi connectivity index (χ3n) is 3.25.